The second-order valence-electron chi connectivity index (χ2n) is 13.4. The highest BCUT2D eigenvalue weighted by atomic mass is 19.1. The molecule has 2 N–H and O–H groups in total. The van der Waals surface area contributed by atoms with Crippen molar-refractivity contribution in [2.75, 3.05) is 37.7 Å². The van der Waals surface area contributed by atoms with Crippen molar-refractivity contribution in [1.82, 2.24) is 25.2 Å². The molecule has 4 aliphatic rings. The molecular formula is C36H37F3N6O2. The van der Waals surface area contributed by atoms with E-state index in [2.05, 4.69) is 31.9 Å². The number of aromatic nitrogens is 3. The Hall–Kier alpha value is -4.14. The molecule has 47 heavy (non-hydrogen) atoms. The Morgan fingerprint density at radius 2 is 1.89 bits per heavy atom. The molecule has 0 aliphatic carbocycles. The number of alkyl halides is 1. The molecule has 4 aliphatic heterocycles. The number of ether oxygens (including phenoxy) is 1. The Labute approximate surface area is 271 Å². The Bertz CT molecular complexity index is 1970. The van der Waals surface area contributed by atoms with Crippen LogP contribution in [-0.4, -0.2) is 81.5 Å². The number of nitrogens with one attached hydrogen (secondary N) is 1. The monoisotopic (exact) mass is 642 g/mol. The van der Waals surface area contributed by atoms with Gasteiger partial charge in [0, 0.05) is 43.7 Å². The molecule has 8 nitrogen and oxygen atoms in total. The Kier molecular flexibility index (Phi) is 7.41. The quantitative estimate of drug-likeness (QED) is 0.261. The van der Waals surface area contributed by atoms with Crippen molar-refractivity contribution in [3.8, 4) is 34.9 Å². The third-order valence-corrected chi connectivity index (χ3v) is 10.5. The van der Waals surface area contributed by atoms with Gasteiger partial charge in [0.15, 0.2) is 5.82 Å². The van der Waals surface area contributed by atoms with E-state index in [1.54, 1.807) is 13.0 Å². The Morgan fingerprint density at radius 1 is 1.09 bits per heavy atom. The van der Waals surface area contributed by atoms with Gasteiger partial charge in [-0.15, -0.1) is 0 Å². The number of benzene rings is 2. The maximum Gasteiger partial charge on any atom is 0.319 e. The van der Waals surface area contributed by atoms with Gasteiger partial charge >= 0.3 is 6.01 Å². The second-order valence-corrected chi connectivity index (χ2v) is 13.4. The molecule has 6 heterocycles. The first-order valence-electron chi connectivity index (χ1n) is 16.6. The molecule has 0 radical (unpaired) electrons. The lowest BCUT2D eigenvalue weighted by molar-refractivity contribution is 0.107. The fourth-order valence-corrected chi connectivity index (χ4v) is 8.47. The van der Waals surface area contributed by atoms with Gasteiger partial charge in [-0.25, -0.2) is 18.2 Å². The van der Waals surface area contributed by atoms with Gasteiger partial charge in [0.25, 0.3) is 0 Å². The lowest BCUT2D eigenvalue weighted by atomic mass is 9.94. The van der Waals surface area contributed by atoms with Crippen LogP contribution in [0.2, 0.25) is 0 Å². The highest BCUT2D eigenvalue weighted by Crippen LogP contribution is 2.43. The van der Waals surface area contributed by atoms with E-state index in [-0.39, 0.29) is 52.9 Å². The first kappa shape index (κ1) is 30.2. The molecule has 11 heteroatoms. The van der Waals surface area contributed by atoms with E-state index in [1.165, 1.54) is 18.2 Å². The van der Waals surface area contributed by atoms with Crippen molar-refractivity contribution in [3.05, 3.63) is 47.2 Å². The maximum atomic E-state index is 17.1. The average Bonchev–Trinajstić information content (AvgIpc) is 3.71. The molecule has 2 bridgehead atoms. The van der Waals surface area contributed by atoms with E-state index in [4.69, 9.17) is 14.7 Å². The predicted molar refractivity (Wildman–Crippen MR) is 174 cm³/mol. The molecule has 0 saturated carbocycles. The van der Waals surface area contributed by atoms with Crippen molar-refractivity contribution in [2.45, 2.75) is 76.2 Å². The van der Waals surface area contributed by atoms with E-state index in [1.807, 2.05) is 6.92 Å². The van der Waals surface area contributed by atoms with Crippen LogP contribution in [0.25, 0.3) is 32.9 Å². The average molecular weight is 643 g/mol. The lowest BCUT2D eigenvalue weighted by Gasteiger charge is -2.35. The molecule has 4 aromatic rings. The van der Waals surface area contributed by atoms with Crippen LogP contribution in [0.3, 0.4) is 0 Å². The third-order valence-electron chi connectivity index (χ3n) is 10.5. The van der Waals surface area contributed by atoms with E-state index in [0.29, 0.717) is 60.0 Å². The third kappa shape index (κ3) is 5.04. The number of nitrogens with zero attached hydrogens (tertiary/aromatic N) is 5. The number of hydrogen-bond donors (Lipinski definition) is 2. The molecule has 2 aromatic carbocycles. The molecular weight excluding hydrogens is 605 g/mol. The van der Waals surface area contributed by atoms with Crippen molar-refractivity contribution in [3.63, 3.8) is 0 Å². The fraction of sp³-hybridized carbons (Fsp3) is 0.472. The predicted octanol–water partition coefficient (Wildman–Crippen LogP) is 5.66. The first-order chi connectivity index (χ1) is 22.8. The SMILES string of the molecule is CC#Cc1nc(-c2cc(O)cc3ccc(F)c(CC)c23)c(F)c2nc(OC[C@@]34CCCN3C[C@H](F)C4)nc(N3CC4CCC(C3)N4)c12. The van der Waals surface area contributed by atoms with Crippen LogP contribution in [-0.2, 0) is 6.42 Å². The number of phenols is 1. The largest absolute Gasteiger partial charge is 0.508 e. The minimum Gasteiger partial charge on any atom is -0.508 e. The molecule has 4 saturated heterocycles. The highest BCUT2D eigenvalue weighted by molar-refractivity contribution is 6.03. The number of anilines is 1. The van der Waals surface area contributed by atoms with Crippen molar-refractivity contribution in [2.24, 2.45) is 0 Å². The number of hydrogen-bond acceptors (Lipinski definition) is 8. The summed E-state index contributed by atoms with van der Waals surface area (Å²) in [5.41, 5.74) is 0.388. The zero-order valence-electron chi connectivity index (χ0n) is 26.5. The van der Waals surface area contributed by atoms with Crippen LogP contribution >= 0.6 is 0 Å². The number of piperazine rings is 1. The number of phenolic OH excluding ortho intramolecular Hbond substituents is 1. The molecule has 2 aromatic heterocycles. The van der Waals surface area contributed by atoms with Crippen LogP contribution in [0.4, 0.5) is 19.0 Å². The van der Waals surface area contributed by atoms with Crippen LogP contribution < -0.4 is 15.0 Å². The summed E-state index contributed by atoms with van der Waals surface area (Å²) >= 11 is 0. The summed E-state index contributed by atoms with van der Waals surface area (Å²) in [6.45, 7) is 6.25. The number of rotatable bonds is 6. The van der Waals surface area contributed by atoms with Gasteiger partial charge in [-0.3, -0.25) is 4.90 Å². The summed E-state index contributed by atoms with van der Waals surface area (Å²) in [7, 11) is 0. The zero-order valence-corrected chi connectivity index (χ0v) is 26.5. The van der Waals surface area contributed by atoms with Crippen LogP contribution in [0.5, 0.6) is 11.8 Å². The van der Waals surface area contributed by atoms with Gasteiger partial charge in [0.2, 0.25) is 0 Å². The van der Waals surface area contributed by atoms with Gasteiger partial charge in [-0.1, -0.05) is 18.9 Å². The van der Waals surface area contributed by atoms with Crippen LogP contribution in [0.15, 0.2) is 24.3 Å². The smallest absolute Gasteiger partial charge is 0.319 e. The number of aryl methyl sites for hydroxylation is 1. The van der Waals surface area contributed by atoms with E-state index < -0.39 is 23.3 Å². The lowest BCUT2D eigenvalue weighted by Crippen LogP contribution is -2.51. The minimum absolute atomic E-state index is 0.00873. The number of fused-ring (bicyclic) bond motifs is 5. The summed E-state index contributed by atoms with van der Waals surface area (Å²) in [4.78, 5) is 18.6. The van der Waals surface area contributed by atoms with Gasteiger partial charge in [0.05, 0.1) is 10.9 Å². The molecule has 2 unspecified atom stereocenters. The molecule has 244 valence electrons. The van der Waals surface area contributed by atoms with E-state index in [0.717, 1.165) is 32.2 Å². The van der Waals surface area contributed by atoms with Gasteiger partial charge in [-0.2, -0.15) is 9.97 Å². The zero-order chi connectivity index (χ0) is 32.4. The van der Waals surface area contributed by atoms with Crippen LogP contribution in [0, 0.1) is 23.5 Å². The molecule has 8 rings (SSSR count). The molecule has 4 fully saturated rings. The maximum absolute atomic E-state index is 17.1. The molecule has 4 atom stereocenters. The topological polar surface area (TPSA) is 86.6 Å². The summed E-state index contributed by atoms with van der Waals surface area (Å²) in [5, 5.41) is 15.8. The Morgan fingerprint density at radius 3 is 2.66 bits per heavy atom. The first-order valence-corrected chi connectivity index (χ1v) is 16.6. The summed E-state index contributed by atoms with van der Waals surface area (Å²) in [6, 6.07) is 6.42. The Balaban J connectivity index is 1.34. The number of pyridine rings is 1. The fourth-order valence-electron chi connectivity index (χ4n) is 8.47. The standard InChI is InChI=1S/C36H37F3N6O2/c1-3-6-28-30-33(31(39)32(41-28)26-14-24(46)13-20-7-10-27(38)25(4-2)29(20)26)42-35(43-34(30)44-17-22-8-9-23(18-44)40-22)47-19-36-11-5-12-45(36)16-21(37)15-36/h7,10,13-14,21-23,40,46H,4-5,8-9,11-12,15-19H2,1-2H3/t21-,22?,23?,36+/m1/s1. The second kappa shape index (κ2) is 11.5. The number of aromatic hydroxyl groups is 1. The van der Waals surface area contributed by atoms with Crippen molar-refractivity contribution >= 4 is 27.5 Å². The van der Waals surface area contributed by atoms with E-state index >= 15 is 8.78 Å². The van der Waals surface area contributed by atoms with Gasteiger partial charge < -0.3 is 20.1 Å². The summed E-state index contributed by atoms with van der Waals surface area (Å²) in [5.74, 6) is 5.22. The normalized spacial score (nSPS) is 25.4. The highest BCUT2D eigenvalue weighted by Gasteiger charge is 2.49. The summed E-state index contributed by atoms with van der Waals surface area (Å²) < 4.78 is 53.1. The molecule has 0 amide bonds. The van der Waals surface area contributed by atoms with Crippen molar-refractivity contribution in [1.29, 1.82) is 0 Å². The van der Waals surface area contributed by atoms with Gasteiger partial charge in [-0.05, 0) is 86.0 Å². The number of halogens is 3. The van der Waals surface area contributed by atoms with E-state index in [9.17, 15) is 9.50 Å². The van der Waals surface area contributed by atoms with Crippen LogP contribution in [0.1, 0.15) is 57.2 Å². The minimum atomic E-state index is -0.917. The molecule has 0 spiro atoms. The summed E-state index contributed by atoms with van der Waals surface area (Å²) in [6.07, 6.45) is 3.67. The van der Waals surface area contributed by atoms with Crippen molar-refractivity contribution < 1.29 is 23.0 Å². The van der Waals surface area contributed by atoms with Gasteiger partial charge in [0.1, 0.15) is 47.1 Å².